The Bertz CT molecular complexity index is 94.9. The molecule has 0 fully saturated rings. The summed E-state index contributed by atoms with van der Waals surface area (Å²) in [7, 11) is 0. The van der Waals surface area contributed by atoms with Gasteiger partial charge >= 0.3 is 83.7 Å². The zero-order valence-electron chi connectivity index (χ0n) is 2.75. The van der Waals surface area contributed by atoms with Crippen molar-refractivity contribution in [2.75, 3.05) is 0 Å². The first kappa shape index (κ1) is 16.0. The van der Waals surface area contributed by atoms with E-state index < -0.39 is 16.7 Å². The molecule has 0 atom stereocenters. The molecule has 0 radical (unpaired) electrons. The average molecular weight is 208 g/mol. The van der Waals surface area contributed by atoms with Gasteiger partial charge in [-0.05, 0) is 0 Å². The van der Waals surface area contributed by atoms with Gasteiger partial charge in [0.25, 0.3) is 0 Å². The Morgan fingerprint density at radius 1 is 1.14 bits per heavy atom. The molecule has 0 aromatic rings. The number of rotatable bonds is 0. The zero-order valence-corrected chi connectivity index (χ0v) is 6.17. The Morgan fingerprint density at radius 3 is 1.14 bits per heavy atom. The van der Waals surface area contributed by atoms with E-state index >= 15 is 0 Å². The van der Waals surface area contributed by atoms with Crippen molar-refractivity contribution in [3.63, 3.8) is 0 Å². The van der Waals surface area contributed by atoms with Crippen LogP contribution < -0.4 is 7.52 Å². The molecule has 7 heteroatoms. The van der Waals surface area contributed by atoms with Gasteiger partial charge in [-0.2, -0.15) is 0 Å². The summed E-state index contributed by atoms with van der Waals surface area (Å²) < 4.78 is 34.5. The van der Waals surface area contributed by atoms with Gasteiger partial charge in [0.2, 0.25) is 0 Å². The maximum absolute atomic E-state index is 8.63. The van der Waals surface area contributed by atoms with Crippen molar-refractivity contribution in [2.24, 2.45) is 0 Å². The molecule has 4 nitrogen and oxygen atoms in total. The van der Waals surface area contributed by atoms with E-state index in [1.165, 1.54) is 0 Å². The van der Waals surface area contributed by atoms with Crippen LogP contribution >= 0.6 is 0 Å². The Balaban J connectivity index is -0.0000000800. The monoisotopic (exact) mass is 210 g/mol. The first-order valence-corrected chi connectivity index (χ1v) is 3.94. The van der Waals surface area contributed by atoms with Crippen LogP contribution in [0.3, 0.4) is 0 Å². The van der Waals surface area contributed by atoms with E-state index in [1.54, 1.807) is 0 Å². The van der Waals surface area contributed by atoms with E-state index in [9.17, 15) is 0 Å². The fourth-order valence-corrected chi connectivity index (χ4v) is 0. The third-order valence-electron chi connectivity index (χ3n) is 0. The van der Waals surface area contributed by atoms with Crippen LogP contribution in [-0.2, 0) is 23.5 Å². The van der Waals surface area contributed by atoms with Gasteiger partial charge in [-0.3, -0.25) is 0 Å². The molecule has 7 heavy (non-hydrogen) atoms. The molecule has 0 aliphatic carbocycles. The molecule has 0 N–H and O–H groups in total. The Labute approximate surface area is 82.5 Å². The topological polar surface area (TPSA) is 80.3 Å². The Kier molecular flexibility index (Phi) is 13.9. The summed E-state index contributed by atoms with van der Waals surface area (Å²) >= 11 is -6.02. The number of hydrogen-bond donors (Lipinski definition) is 0. The first-order chi connectivity index (χ1) is 2.00. The van der Waals surface area contributed by atoms with Crippen LogP contribution in [0.1, 0.15) is 0 Å². The molecule has 0 saturated carbocycles. The van der Waals surface area contributed by atoms with E-state index in [4.69, 9.17) is 14.3 Å². The van der Waals surface area contributed by atoms with Gasteiger partial charge in [0.05, 0.1) is 0 Å². The van der Waals surface area contributed by atoms with Crippen LogP contribution in [0.15, 0.2) is 0 Å². The van der Waals surface area contributed by atoms with Gasteiger partial charge in [0.1, 0.15) is 0 Å². The van der Waals surface area contributed by atoms with Crippen molar-refractivity contribution < 1.29 is 31.1 Å². The summed E-state index contributed by atoms with van der Waals surface area (Å²) in [5.74, 6) is 0. The summed E-state index contributed by atoms with van der Waals surface area (Å²) in [6, 6.07) is 0. The molecular weight excluding hydrogens is 207 g/mol. The van der Waals surface area contributed by atoms with E-state index in [-0.39, 0.29) is 52.6 Å². The second-order valence-electron chi connectivity index (χ2n) is 0.408. The van der Waals surface area contributed by atoms with Gasteiger partial charge in [-0.15, -0.1) is 0 Å². The zero-order chi connectivity index (χ0) is 4.50. The SMILES string of the molecule is [Mg+2].[NaH].[O]=[Mo](=[O])([O-])[O-]. The van der Waals surface area contributed by atoms with Gasteiger partial charge in [-0.25, -0.2) is 0 Å². The van der Waals surface area contributed by atoms with Gasteiger partial charge in [0.15, 0.2) is 0 Å². The summed E-state index contributed by atoms with van der Waals surface area (Å²) in [6.07, 6.45) is 0. The molecule has 0 amide bonds. The van der Waals surface area contributed by atoms with E-state index in [1.807, 2.05) is 0 Å². The summed E-state index contributed by atoms with van der Waals surface area (Å²) in [5, 5.41) is 0. The maximum atomic E-state index is 8.63. The fraction of sp³-hybridized carbons (Fsp3) is 0. The Morgan fingerprint density at radius 2 is 1.14 bits per heavy atom. The molecule has 0 aromatic heterocycles. The molecule has 0 spiro atoms. The normalized spacial score (nSPS) is 8.29. The van der Waals surface area contributed by atoms with Crippen LogP contribution in [-0.4, -0.2) is 52.6 Å². The van der Waals surface area contributed by atoms with E-state index in [0.717, 1.165) is 0 Å². The van der Waals surface area contributed by atoms with Crippen LogP contribution in [0, 0.1) is 0 Å². The van der Waals surface area contributed by atoms with Crippen molar-refractivity contribution >= 4 is 52.6 Å². The third-order valence-corrected chi connectivity index (χ3v) is 0. The van der Waals surface area contributed by atoms with E-state index in [2.05, 4.69) is 0 Å². The van der Waals surface area contributed by atoms with Crippen molar-refractivity contribution in [2.45, 2.75) is 0 Å². The van der Waals surface area contributed by atoms with Crippen molar-refractivity contribution in [3.05, 3.63) is 0 Å². The quantitative estimate of drug-likeness (QED) is 0.384. The molecule has 0 rings (SSSR count). The molecule has 0 heterocycles. The third kappa shape index (κ3) is 73.0. The second kappa shape index (κ2) is 6.10. The van der Waals surface area contributed by atoms with Crippen molar-refractivity contribution in [3.8, 4) is 0 Å². The molecule has 34 valence electrons. The van der Waals surface area contributed by atoms with Crippen LogP contribution in [0.5, 0.6) is 0 Å². The molecule has 0 aliphatic heterocycles. The van der Waals surface area contributed by atoms with Gasteiger partial charge in [0, 0.05) is 0 Å². The van der Waals surface area contributed by atoms with Crippen molar-refractivity contribution in [1.82, 2.24) is 0 Å². The summed E-state index contributed by atoms with van der Waals surface area (Å²) in [5.41, 5.74) is 0. The molecule has 0 unspecified atom stereocenters. The molecule has 0 saturated heterocycles. The standard InChI is InChI=1S/Mg.Mo.Na.4O.H/q+2;;;;;2*-1;. The van der Waals surface area contributed by atoms with E-state index in [0.29, 0.717) is 0 Å². The molecule has 0 bridgehead atoms. The Hall–Kier alpha value is 1.97. The fourth-order valence-electron chi connectivity index (χ4n) is 0. The predicted molar refractivity (Wildman–Crippen MR) is 14.3 cm³/mol. The van der Waals surface area contributed by atoms with Crippen LogP contribution in [0.25, 0.3) is 0 Å². The van der Waals surface area contributed by atoms with Crippen LogP contribution in [0.2, 0.25) is 0 Å². The second-order valence-corrected chi connectivity index (χ2v) is 2.42. The molecule has 0 aliphatic rings. The average Bonchev–Trinajstić information content (AvgIpc) is 0.722. The van der Waals surface area contributed by atoms with Gasteiger partial charge < -0.3 is 0 Å². The summed E-state index contributed by atoms with van der Waals surface area (Å²) in [4.78, 5) is 0. The van der Waals surface area contributed by atoms with Crippen molar-refractivity contribution in [1.29, 1.82) is 0 Å². The first-order valence-electron chi connectivity index (χ1n) is 0.667. The minimum absolute atomic E-state index is 0. The van der Waals surface area contributed by atoms with Crippen LogP contribution in [0.4, 0.5) is 0 Å². The molecular formula is HMgMoNaO4. The number of hydrogen-bond acceptors (Lipinski definition) is 4. The molecule has 0 aromatic carbocycles. The predicted octanol–water partition coefficient (Wildman–Crippen LogP) is -3.65. The minimum atomic E-state index is -6.02. The summed E-state index contributed by atoms with van der Waals surface area (Å²) in [6.45, 7) is 0. The van der Waals surface area contributed by atoms with Gasteiger partial charge in [-0.1, -0.05) is 0 Å².